The molecule has 150 valence electrons. The maximum absolute atomic E-state index is 13.8. The van der Waals surface area contributed by atoms with Gasteiger partial charge in [0.2, 0.25) is 10.0 Å². The molecule has 28 heavy (non-hydrogen) atoms. The number of halogens is 3. The maximum atomic E-state index is 13.8. The van der Waals surface area contributed by atoms with Gasteiger partial charge in [-0.05, 0) is 49.1 Å². The van der Waals surface area contributed by atoms with Crippen molar-refractivity contribution in [1.29, 1.82) is 0 Å². The minimum absolute atomic E-state index is 0.00254. The standard InChI is InChI=1S/C19H19ClF2N2O3S/c1-12-3-2-8-24(11-12)28(26,27)18-9-13(4-6-15(18)20)19(25)23-17-7-5-14(21)10-16(17)22/h4-7,9-10,12H,2-3,8,11H2,1H3,(H,23,25)/t12-/m0/s1. The third kappa shape index (κ3) is 4.34. The second-order valence-corrected chi connectivity index (χ2v) is 9.15. The van der Waals surface area contributed by atoms with Gasteiger partial charge in [-0.15, -0.1) is 0 Å². The van der Waals surface area contributed by atoms with E-state index in [1.165, 1.54) is 22.5 Å². The van der Waals surface area contributed by atoms with Gasteiger partial charge in [-0.2, -0.15) is 4.31 Å². The van der Waals surface area contributed by atoms with Crippen LogP contribution in [0.3, 0.4) is 0 Å². The molecular formula is C19H19ClF2N2O3S. The average molecular weight is 429 g/mol. The molecule has 0 aromatic heterocycles. The largest absolute Gasteiger partial charge is 0.319 e. The quantitative estimate of drug-likeness (QED) is 0.789. The molecule has 1 saturated heterocycles. The van der Waals surface area contributed by atoms with Crippen LogP contribution in [0.5, 0.6) is 0 Å². The van der Waals surface area contributed by atoms with E-state index in [1.807, 2.05) is 6.92 Å². The topological polar surface area (TPSA) is 66.5 Å². The van der Waals surface area contributed by atoms with Crippen LogP contribution in [0.1, 0.15) is 30.1 Å². The monoisotopic (exact) mass is 428 g/mol. The van der Waals surface area contributed by atoms with Crippen molar-refractivity contribution in [1.82, 2.24) is 4.31 Å². The van der Waals surface area contributed by atoms with E-state index in [4.69, 9.17) is 11.6 Å². The fourth-order valence-corrected chi connectivity index (χ4v) is 5.23. The van der Waals surface area contributed by atoms with Gasteiger partial charge in [0.05, 0.1) is 10.7 Å². The average Bonchev–Trinajstić information content (AvgIpc) is 2.64. The van der Waals surface area contributed by atoms with Crippen molar-refractivity contribution in [2.75, 3.05) is 18.4 Å². The molecule has 1 amide bonds. The van der Waals surface area contributed by atoms with E-state index in [0.717, 1.165) is 25.0 Å². The molecule has 3 rings (SSSR count). The molecule has 0 unspecified atom stereocenters. The van der Waals surface area contributed by atoms with Crippen LogP contribution in [0.15, 0.2) is 41.3 Å². The van der Waals surface area contributed by atoms with Crippen LogP contribution in [-0.4, -0.2) is 31.7 Å². The Hall–Kier alpha value is -2.03. The molecule has 5 nitrogen and oxygen atoms in total. The second kappa shape index (κ2) is 8.14. The summed E-state index contributed by atoms with van der Waals surface area (Å²) >= 11 is 6.10. The third-order valence-electron chi connectivity index (χ3n) is 4.61. The molecule has 0 bridgehead atoms. The molecule has 1 aliphatic heterocycles. The highest BCUT2D eigenvalue weighted by molar-refractivity contribution is 7.89. The highest BCUT2D eigenvalue weighted by Gasteiger charge is 2.31. The molecule has 2 aromatic carbocycles. The Morgan fingerprint density at radius 2 is 1.96 bits per heavy atom. The van der Waals surface area contributed by atoms with E-state index >= 15 is 0 Å². The van der Waals surface area contributed by atoms with Gasteiger partial charge in [0, 0.05) is 24.7 Å². The summed E-state index contributed by atoms with van der Waals surface area (Å²) in [5, 5.41) is 2.31. The lowest BCUT2D eigenvalue weighted by atomic mass is 10.0. The maximum Gasteiger partial charge on any atom is 0.255 e. The van der Waals surface area contributed by atoms with Gasteiger partial charge in [-0.3, -0.25) is 4.79 Å². The fourth-order valence-electron chi connectivity index (χ4n) is 3.13. The lowest BCUT2D eigenvalue weighted by molar-refractivity contribution is 0.102. The summed E-state index contributed by atoms with van der Waals surface area (Å²) in [6, 6.07) is 6.58. The Kier molecular flexibility index (Phi) is 6.02. The summed E-state index contributed by atoms with van der Waals surface area (Å²) in [7, 11) is -3.87. The van der Waals surface area contributed by atoms with E-state index in [9.17, 15) is 22.0 Å². The van der Waals surface area contributed by atoms with Crippen molar-refractivity contribution in [2.24, 2.45) is 5.92 Å². The number of anilines is 1. The van der Waals surface area contributed by atoms with Gasteiger partial charge in [-0.25, -0.2) is 17.2 Å². The van der Waals surface area contributed by atoms with Crippen LogP contribution >= 0.6 is 11.6 Å². The predicted octanol–water partition coefficient (Wildman–Crippen LogP) is 4.29. The van der Waals surface area contributed by atoms with Gasteiger partial charge < -0.3 is 5.32 Å². The van der Waals surface area contributed by atoms with Crippen molar-refractivity contribution in [3.63, 3.8) is 0 Å². The van der Waals surface area contributed by atoms with Crippen LogP contribution in [0.4, 0.5) is 14.5 Å². The molecule has 1 fully saturated rings. The highest BCUT2D eigenvalue weighted by atomic mass is 35.5. The zero-order chi connectivity index (χ0) is 20.5. The molecule has 0 spiro atoms. The normalized spacial score (nSPS) is 18.1. The minimum Gasteiger partial charge on any atom is -0.319 e. The number of benzene rings is 2. The van der Waals surface area contributed by atoms with E-state index in [2.05, 4.69) is 5.32 Å². The Balaban J connectivity index is 1.89. The van der Waals surface area contributed by atoms with Crippen molar-refractivity contribution in [3.05, 3.63) is 58.6 Å². The van der Waals surface area contributed by atoms with Crippen LogP contribution in [0.2, 0.25) is 5.02 Å². The minimum atomic E-state index is -3.87. The number of amides is 1. The number of rotatable bonds is 4. The van der Waals surface area contributed by atoms with Gasteiger partial charge in [0.25, 0.3) is 5.91 Å². The first-order valence-electron chi connectivity index (χ1n) is 8.74. The zero-order valence-corrected chi connectivity index (χ0v) is 16.7. The highest BCUT2D eigenvalue weighted by Crippen LogP contribution is 2.29. The number of carbonyl (C=O) groups is 1. The van der Waals surface area contributed by atoms with Crippen LogP contribution < -0.4 is 5.32 Å². The summed E-state index contributed by atoms with van der Waals surface area (Å²) in [4.78, 5) is 12.3. The summed E-state index contributed by atoms with van der Waals surface area (Å²) in [6.07, 6.45) is 1.70. The molecule has 2 aromatic rings. The number of hydrogen-bond acceptors (Lipinski definition) is 3. The molecule has 1 N–H and O–H groups in total. The molecule has 1 aliphatic rings. The first kappa shape index (κ1) is 20.7. The van der Waals surface area contributed by atoms with Crippen molar-refractivity contribution < 1.29 is 22.0 Å². The number of sulfonamides is 1. The zero-order valence-electron chi connectivity index (χ0n) is 15.1. The second-order valence-electron chi connectivity index (χ2n) is 6.83. The molecule has 9 heteroatoms. The summed E-state index contributed by atoms with van der Waals surface area (Å²) in [6.45, 7) is 2.75. The summed E-state index contributed by atoms with van der Waals surface area (Å²) in [5.74, 6) is -2.20. The van der Waals surface area contributed by atoms with E-state index < -0.39 is 27.6 Å². The Labute approximate surface area is 167 Å². The smallest absolute Gasteiger partial charge is 0.255 e. The SMILES string of the molecule is C[C@H]1CCCN(S(=O)(=O)c2cc(C(=O)Nc3ccc(F)cc3F)ccc2Cl)C1. The van der Waals surface area contributed by atoms with Crippen LogP contribution in [0.25, 0.3) is 0 Å². The van der Waals surface area contributed by atoms with Gasteiger partial charge >= 0.3 is 0 Å². The molecular weight excluding hydrogens is 410 g/mol. The number of nitrogens with zero attached hydrogens (tertiary/aromatic N) is 1. The van der Waals surface area contributed by atoms with Crippen molar-refractivity contribution >= 4 is 33.2 Å². The lowest BCUT2D eigenvalue weighted by Crippen LogP contribution is -2.39. The lowest BCUT2D eigenvalue weighted by Gasteiger charge is -2.30. The molecule has 1 atom stereocenters. The molecule has 0 radical (unpaired) electrons. The van der Waals surface area contributed by atoms with Crippen molar-refractivity contribution in [2.45, 2.75) is 24.7 Å². The number of carbonyl (C=O) groups excluding carboxylic acids is 1. The van der Waals surface area contributed by atoms with Crippen LogP contribution in [0, 0.1) is 17.6 Å². The predicted molar refractivity (Wildman–Crippen MR) is 103 cm³/mol. The Morgan fingerprint density at radius 1 is 1.21 bits per heavy atom. The summed E-state index contributed by atoms with van der Waals surface area (Å²) < 4.78 is 54.1. The van der Waals surface area contributed by atoms with Crippen molar-refractivity contribution in [3.8, 4) is 0 Å². The first-order valence-corrected chi connectivity index (χ1v) is 10.6. The van der Waals surface area contributed by atoms with E-state index in [0.29, 0.717) is 19.2 Å². The third-order valence-corrected chi connectivity index (χ3v) is 6.96. The number of hydrogen-bond donors (Lipinski definition) is 1. The number of piperidine rings is 1. The molecule has 1 heterocycles. The Morgan fingerprint density at radius 3 is 2.64 bits per heavy atom. The van der Waals surface area contributed by atoms with Gasteiger partial charge in [0.15, 0.2) is 0 Å². The van der Waals surface area contributed by atoms with Crippen LogP contribution in [-0.2, 0) is 10.0 Å². The number of nitrogens with one attached hydrogen (secondary N) is 1. The molecule has 0 aliphatic carbocycles. The van der Waals surface area contributed by atoms with Gasteiger partial charge in [0.1, 0.15) is 16.5 Å². The summed E-state index contributed by atoms with van der Waals surface area (Å²) in [5.41, 5.74) is -0.215. The van der Waals surface area contributed by atoms with Gasteiger partial charge in [-0.1, -0.05) is 18.5 Å². The Bertz CT molecular complexity index is 1010. The molecule has 0 saturated carbocycles. The fraction of sp³-hybridized carbons (Fsp3) is 0.316. The van der Waals surface area contributed by atoms with E-state index in [-0.39, 0.29) is 27.1 Å². The first-order chi connectivity index (χ1) is 13.2. The van der Waals surface area contributed by atoms with E-state index in [1.54, 1.807) is 0 Å².